The van der Waals surface area contributed by atoms with E-state index in [1.54, 1.807) is 54.6 Å². The first kappa shape index (κ1) is 25.6. The Balaban J connectivity index is 2.01. The lowest BCUT2D eigenvalue weighted by Gasteiger charge is -2.26. The highest BCUT2D eigenvalue weighted by molar-refractivity contribution is 6.51. The van der Waals surface area contributed by atoms with Crippen molar-refractivity contribution in [2.75, 3.05) is 32.8 Å². The Bertz CT molecular complexity index is 1380. The van der Waals surface area contributed by atoms with Gasteiger partial charge >= 0.3 is 0 Å². The zero-order valence-corrected chi connectivity index (χ0v) is 21.4. The van der Waals surface area contributed by atoms with Crippen molar-refractivity contribution < 1.29 is 33.6 Å². The van der Waals surface area contributed by atoms with Crippen molar-refractivity contribution in [1.29, 1.82) is 0 Å². The molecular formula is C29H29NO7. The Labute approximate surface area is 215 Å². The van der Waals surface area contributed by atoms with Crippen molar-refractivity contribution in [2.24, 2.45) is 0 Å². The lowest BCUT2D eigenvalue weighted by atomic mass is 9.94. The number of anilines is 1. The van der Waals surface area contributed by atoms with Crippen molar-refractivity contribution in [3.8, 4) is 23.0 Å². The first-order chi connectivity index (χ1) is 17.8. The predicted octanol–water partition coefficient (Wildman–Crippen LogP) is 5.05. The van der Waals surface area contributed by atoms with Crippen molar-refractivity contribution in [1.82, 2.24) is 0 Å². The van der Waals surface area contributed by atoms with Crippen LogP contribution in [0, 0.1) is 6.92 Å². The summed E-state index contributed by atoms with van der Waals surface area (Å²) in [6.45, 7) is 4.09. The summed E-state index contributed by atoms with van der Waals surface area (Å²) in [5, 5.41) is 11.5. The van der Waals surface area contributed by atoms with E-state index in [9.17, 15) is 14.7 Å². The number of aliphatic hydroxyl groups excluding tert-OH is 1. The number of ether oxygens (including phenoxy) is 4. The Hall–Kier alpha value is -4.46. The maximum absolute atomic E-state index is 13.5. The number of carbonyl (C=O) groups is 2. The van der Waals surface area contributed by atoms with E-state index in [0.29, 0.717) is 46.4 Å². The smallest absolute Gasteiger partial charge is 0.300 e. The van der Waals surface area contributed by atoms with Gasteiger partial charge in [-0.2, -0.15) is 0 Å². The first-order valence-electron chi connectivity index (χ1n) is 11.7. The van der Waals surface area contributed by atoms with Gasteiger partial charge in [0.2, 0.25) is 0 Å². The summed E-state index contributed by atoms with van der Waals surface area (Å²) in [6, 6.07) is 16.3. The van der Waals surface area contributed by atoms with Crippen LogP contribution in [0.25, 0.3) is 5.76 Å². The van der Waals surface area contributed by atoms with Gasteiger partial charge in [0.25, 0.3) is 11.7 Å². The fourth-order valence-corrected chi connectivity index (χ4v) is 4.46. The predicted molar refractivity (Wildman–Crippen MR) is 140 cm³/mol. The van der Waals surface area contributed by atoms with Gasteiger partial charge in [-0.05, 0) is 55.8 Å². The number of hydrogen-bond donors (Lipinski definition) is 1. The topological polar surface area (TPSA) is 94.5 Å². The maximum atomic E-state index is 13.5. The van der Waals surface area contributed by atoms with Crippen LogP contribution in [0.1, 0.15) is 29.7 Å². The number of ketones is 1. The maximum Gasteiger partial charge on any atom is 0.300 e. The number of nitrogens with zero attached hydrogens (tertiary/aromatic N) is 1. The van der Waals surface area contributed by atoms with E-state index in [2.05, 4.69) is 0 Å². The summed E-state index contributed by atoms with van der Waals surface area (Å²) >= 11 is 0. The monoisotopic (exact) mass is 503 g/mol. The number of aryl methyl sites for hydroxylation is 1. The number of carbonyl (C=O) groups excluding carboxylic acids is 2. The summed E-state index contributed by atoms with van der Waals surface area (Å²) in [4.78, 5) is 28.4. The molecule has 1 amide bonds. The van der Waals surface area contributed by atoms with Crippen LogP contribution in [-0.4, -0.2) is 44.7 Å². The van der Waals surface area contributed by atoms with Gasteiger partial charge in [0.1, 0.15) is 17.3 Å². The molecule has 192 valence electrons. The second kappa shape index (κ2) is 10.7. The van der Waals surface area contributed by atoms with Crippen molar-refractivity contribution >= 4 is 23.1 Å². The molecule has 1 saturated heterocycles. The second-order valence-corrected chi connectivity index (χ2v) is 8.42. The van der Waals surface area contributed by atoms with Gasteiger partial charge in [0.05, 0.1) is 45.1 Å². The molecular weight excluding hydrogens is 474 g/mol. The van der Waals surface area contributed by atoms with E-state index in [-0.39, 0.29) is 11.3 Å². The Morgan fingerprint density at radius 3 is 2.30 bits per heavy atom. The van der Waals surface area contributed by atoms with E-state index >= 15 is 0 Å². The van der Waals surface area contributed by atoms with E-state index in [1.807, 2.05) is 19.9 Å². The molecule has 3 aromatic carbocycles. The summed E-state index contributed by atoms with van der Waals surface area (Å²) in [5.74, 6) is -0.0792. The number of hydrogen-bond acceptors (Lipinski definition) is 7. The molecule has 3 aromatic rings. The molecule has 0 saturated carbocycles. The molecule has 1 fully saturated rings. The molecule has 0 aromatic heterocycles. The minimum atomic E-state index is -0.956. The lowest BCUT2D eigenvalue weighted by Crippen LogP contribution is -2.29. The first-order valence-corrected chi connectivity index (χ1v) is 11.7. The Kier molecular flexibility index (Phi) is 7.38. The van der Waals surface area contributed by atoms with Gasteiger partial charge in [-0.3, -0.25) is 14.5 Å². The second-order valence-electron chi connectivity index (χ2n) is 8.42. The standard InChI is InChI=1S/C29H29NO7/c1-6-37-24-15-18(11-13-23(24)36-5)26-25(27(31)21-14-17(2)10-12-22(21)35-4)28(32)29(33)30(26)19-8-7-9-20(16-19)34-3/h7-16,26,31H,6H2,1-5H3/b27-25+. The van der Waals surface area contributed by atoms with Crippen LogP contribution in [-0.2, 0) is 9.59 Å². The largest absolute Gasteiger partial charge is 0.507 e. The molecule has 4 rings (SSSR count). The van der Waals surface area contributed by atoms with Gasteiger partial charge in [-0.1, -0.05) is 23.8 Å². The van der Waals surface area contributed by atoms with Crippen LogP contribution < -0.4 is 23.8 Å². The highest BCUT2D eigenvalue weighted by atomic mass is 16.5. The number of methoxy groups -OCH3 is 3. The fourth-order valence-electron chi connectivity index (χ4n) is 4.46. The average molecular weight is 504 g/mol. The molecule has 1 unspecified atom stereocenters. The number of aliphatic hydroxyl groups is 1. The molecule has 8 nitrogen and oxygen atoms in total. The van der Waals surface area contributed by atoms with Crippen LogP contribution in [0.3, 0.4) is 0 Å². The zero-order chi connectivity index (χ0) is 26.7. The Morgan fingerprint density at radius 1 is 0.892 bits per heavy atom. The van der Waals surface area contributed by atoms with Crippen molar-refractivity contribution in [2.45, 2.75) is 19.9 Å². The number of benzene rings is 3. The molecule has 0 aliphatic carbocycles. The SMILES string of the molecule is CCOc1cc(C2/C(=C(\O)c3cc(C)ccc3OC)C(=O)C(=O)N2c2cccc(OC)c2)ccc1OC. The molecule has 0 spiro atoms. The summed E-state index contributed by atoms with van der Waals surface area (Å²) in [7, 11) is 4.53. The third-order valence-corrected chi connectivity index (χ3v) is 6.19. The quantitative estimate of drug-likeness (QED) is 0.261. The highest BCUT2D eigenvalue weighted by Crippen LogP contribution is 2.45. The normalized spacial score (nSPS) is 16.6. The van der Waals surface area contributed by atoms with E-state index < -0.39 is 17.7 Å². The molecule has 0 radical (unpaired) electrons. The fraction of sp³-hybridized carbons (Fsp3) is 0.241. The van der Waals surface area contributed by atoms with Crippen LogP contribution in [0.5, 0.6) is 23.0 Å². The molecule has 1 N–H and O–H groups in total. The highest BCUT2D eigenvalue weighted by Gasteiger charge is 2.47. The van der Waals surface area contributed by atoms with Gasteiger partial charge in [-0.15, -0.1) is 0 Å². The number of Topliss-reactive ketones (excluding diaryl/α,β-unsaturated/α-hetero) is 1. The summed E-state index contributed by atoms with van der Waals surface area (Å²) in [6.07, 6.45) is 0. The summed E-state index contributed by atoms with van der Waals surface area (Å²) in [5.41, 5.74) is 2.10. The third kappa shape index (κ3) is 4.70. The van der Waals surface area contributed by atoms with Crippen LogP contribution in [0.15, 0.2) is 66.2 Å². The van der Waals surface area contributed by atoms with E-state index in [1.165, 1.54) is 26.2 Å². The zero-order valence-electron chi connectivity index (χ0n) is 21.4. The molecule has 37 heavy (non-hydrogen) atoms. The van der Waals surface area contributed by atoms with Gasteiger partial charge in [-0.25, -0.2) is 0 Å². The van der Waals surface area contributed by atoms with Crippen LogP contribution in [0.4, 0.5) is 5.69 Å². The summed E-state index contributed by atoms with van der Waals surface area (Å²) < 4.78 is 22.0. The molecule has 1 atom stereocenters. The van der Waals surface area contributed by atoms with E-state index in [4.69, 9.17) is 18.9 Å². The van der Waals surface area contributed by atoms with Gasteiger partial charge in [0.15, 0.2) is 11.5 Å². The van der Waals surface area contributed by atoms with Crippen LogP contribution in [0.2, 0.25) is 0 Å². The molecule has 8 heteroatoms. The lowest BCUT2D eigenvalue weighted by molar-refractivity contribution is -0.132. The van der Waals surface area contributed by atoms with Gasteiger partial charge in [0, 0.05) is 11.8 Å². The molecule has 1 heterocycles. The third-order valence-electron chi connectivity index (χ3n) is 6.19. The minimum absolute atomic E-state index is 0.0654. The average Bonchev–Trinajstić information content (AvgIpc) is 3.18. The Morgan fingerprint density at radius 2 is 1.62 bits per heavy atom. The van der Waals surface area contributed by atoms with E-state index in [0.717, 1.165) is 5.56 Å². The molecule has 1 aliphatic rings. The van der Waals surface area contributed by atoms with Crippen molar-refractivity contribution in [3.05, 3.63) is 82.9 Å². The van der Waals surface area contributed by atoms with Crippen LogP contribution >= 0.6 is 0 Å². The van der Waals surface area contributed by atoms with Crippen molar-refractivity contribution in [3.63, 3.8) is 0 Å². The van der Waals surface area contributed by atoms with Gasteiger partial charge < -0.3 is 24.1 Å². The number of rotatable bonds is 8. The molecule has 1 aliphatic heterocycles. The minimum Gasteiger partial charge on any atom is -0.507 e. The number of amides is 1. The molecule has 0 bridgehead atoms.